The van der Waals surface area contributed by atoms with Crippen LogP contribution >= 0.6 is 11.6 Å². The van der Waals surface area contributed by atoms with Gasteiger partial charge in [0.2, 0.25) is 0 Å². The van der Waals surface area contributed by atoms with Crippen molar-refractivity contribution < 1.29 is 22.3 Å². The summed E-state index contributed by atoms with van der Waals surface area (Å²) in [5.41, 5.74) is 0.315. The average Bonchev–Trinajstić information content (AvgIpc) is 2.59. The van der Waals surface area contributed by atoms with Gasteiger partial charge in [-0.1, -0.05) is 35.9 Å². The largest absolute Gasteiger partial charge is 0.484 e. The minimum absolute atomic E-state index is 0.145. The van der Waals surface area contributed by atoms with Crippen molar-refractivity contribution in [2.45, 2.75) is 26.0 Å². The first kappa shape index (κ1) is 21.8. The number of nitrogens with zero attached hydrogens (tertiary/aromatic N) is 1. The molecular formula is C19H20ClFN2O4S. The highest BCUT2D eigenvalue weighted by Gasteiger charge is 2.18. The van der Waals surface area contributed by atoms with E-state index in [0.717, 1.165) is 23.3 Å². The van der Waals surface area contributed by atoms with E-state index in [1.165, 1.54) is 12.3 Å². The molecule has 0 fully saturated rings. The molecule has 2 atom stereocenters. The summed E-state index contributed by atoms with van der Waals surface area (Å²) in [7, 11) is -3.32. The minimum atomic E-state index is -3.32. The highest BCUT2D eigenvalue weighted by atomic mass is 35.5. The van der Waals surface area contributed by atoms with E-state index in [1.807, 2.05) is 6.07 Å². The van der Waals surface area contributed by atoms with Gasteiger partial charge in [-0.05, 0) is 19.9 Å². The molecule has 1 N–H and O–H groups in total. The molecule has 0 bridgehead atoms. The fourth-order valence-corrected chi connectivity index (χ4v) is 3.12. The Balaban J connectivity index is 2.08. The summed E-state index contributed by atoms with van der Waals surface area (Å²) in [6.07, 6.45) is 3.11. The number of pyridine rings is 1. The number of ether oxygens (including phenoxy) is 1. The summed E-state index contributed by atoms with van der Waals surface area (Å²) < 4.78 is 42.2. The predicted octanol–water partition coefficient (Wildman–Crippen LogP) is 3.69. The highest BCUT2D eigenvalue weighted by Crippen LogP contribution is 2.27. The monoisotopic (exact) mass is 426 g/mol. The second-order valence-corrected chi connectivity index (χ2v) is 8.54. The molecular weight excluding hydrogens is 407 g/mol. The van der Waals surface area contributed by atoms with Gasteiger partial charge in [-0.25, -0.2) is 17.8 Å². The summed E-state index contributed by atoms with van der Waals surface area (Å²) in [5.74, 6) is -1.49. The first-order valence-corrected chi connectivity index (χ1v) is 10.7. The fourth-order valence-electron chi connectivity index (χ4n) is 2.31. The van der Waals surface area contributed by atoms with Gasteiger partial charge in [0.1, 0.15) is 11.9 Å². The molecule has 0 aliphatic heterocycles. The van der Waals surface area contributed by atoms with Crippen LogP contribution in [0.2, 0.25) is 5.02 Å². The van der Waals surface area contributed by atoms with E-state index in [2.05, 4.69) is 10.3 Å². The maximum Gasteiger partial charge on any atom is 0.273 e. The van der Waals surface area contributed by atoms with E-state index in [1.54, 1.807) is 32.0 Å². The standard InChI is InChI=1S/C19H20ClFN2O4S/c1-12(8-9-28(3,25)26)23-19(24)18-17(21)10-14(11-22-18)27-13(2)15-6-4-5-7-16(15)20/h4-13H,1-3H3,(H,23,24)/b9-8+/t12-,13+/m1/s1. The summed E-state index contributed by atoms with van der Waals surface area (Å²) >= 11 is 6.12. The Morgan fingerprint density at radius 1 is 1.32 bits per heavy atom. The van der Waals surface area contributed by atoms with E-state index in [4.69, 9.17) is 16.3 Å². The topological polar surface area (TPSA) is 85.4 Å². The maximum atomic E-state index is 14.3. The molecule has 0 aliphatic rings. The zero-order valence-electron chi connectivity index (χ0n) is 15.5. The van der Waals surface area contributed by atoms with Gasteiger partial charge < -0.3 is 10.1 Å². The van der Waals surface area contributed by atoms with Crippen LogP contribution in [-0.4, -0.2) is 31.6 Å². The van der Waals surface area contributed by atoms with Crippen molar-refractivity contribution in [2.24, 2.45) is 0 Å². The van der Waals surface area contributed by atoms with Crippen LogP contribution in [0.25, 0.3) is 0 Å². The van der Waals surface area contributed by atoms with Crippen molar-refractivity contribution in [3.05, 3.63) is 70.1 Å². The van der Waals surface area contributed by atoms with Gasteiger partial charge >= 0.3 is 0 Å². The molecule has 1 amide bonds. The quantitative estimate of drug-likeness (QED) is 0.729. The molecule has 0 spiro atoms. The smallest absolute Gasteiger partial charge is 0.273 e. The lowest BCUT2D eigenvalue weighted by Gasteiger charge is -2.16. The SMILES string of the molecule is C[C@H](/C=C/S(C)(=O)=O)NC(=O)c1ncc(O[C@@H](C)c2ccccc2Cl)cc1F. The Kier molecular flexibility index (Phi) is 7.15. The van der Waals surface area contributed by atoms with Crippen LogP contribution in [0.15, 0.2) is 48.0 Å². The Morgan fingerprint density at radius 3 is 2.61 bits per heavy atom. The van der Waals surface area contributed by atoms with Crippen LogP contribution in [0.4, 0.5) is 4.39 Å². The number of nitrogens with one attached hydrogen (secondary N) is 1. The van der Waals surface area contributed by atoms with Crippen LogP contribution in [-0.2, 0) is 9.84 Å². The Labute approximate surface area is 168 Å². The van der Waals surface area contributed by atoms with Gasteiger partial charge in [-0.15, -0.1) is 0 Å². The van der Waals surface area contributed by atoms with E-state index >= 15 is 0 Å². The molecule has 1 aromatic carbocycles. The summed E-state index contributed by atoms with van der Waals surface area (Å²) in [6.45, 7) is 3.32. The van der Waals surface area contributed by atoms with Gasteiger partial charge in [-0.3, -0.25) is 4.79 Å². The molecule has 9 heteroatoms. The molecule has 0 aliphatic carbocycles. The number of amides is 1. The van der Waals surface area contributed by atoms with Crippen LogP contribution < -0.4 is 10.1 Å². The average molecular weight is 427 g/mol. The maximum absolute atomic E-state index is 14.3. The molecule has 150 valence electrons. The van der Waals surface area contributed by atoms with Gasteiger partial charge in [0.05, 0.1) is 6.20 Å². The number of aromatic nitrogens is 1. The van der Waals surface area contributed by atoms with Crippen molar-refractivity contribution in [1.29, 1.82) is 0 Å². The molecule has 0 unspecified atom stereocenters. The van der Waals surface area contributed by atoms with E-state index in [9.17, 15) is 17.6 Å². The van der Waals surface area contributed by atoms with Crippen LogP contribution in [0.1, 0.15) is 36.0 Å². The zero-order valence-corrected chi connectivity index (χ0v) is 17.1. The summed E-state index contributed by atoms with van der Waals surface area (Å²) in [4.78, 5) is 16.0. The summed E-state index contributed by atoms with van der Waals surface area (Å²) in [5, 5.41) is 3.94. The van der Waals surface area contributed by atoms with E-state index < -0.39 is 39.4 Å². The number of halogens is 2. The number of hydrogen-bond acceptors (Lipinski definition) is 5. The number of benzene rings is 1. The zero-order chi connectivity index (χ0) is 20.9. The number of rotatable bonds is 7. The van der Waals surface area contributed by atoms with Crippen molar-refractivity contribution >= 4 is 27.3 Å². The van der Waals surface area contributed by atoms with Gasteiger partial charge in [-0.2, -0.15) is 0 Å². The van der Waals surface area contributed by atoms with Gasteiger partial charge in [0, 0.05) is 34.4 Å². The first-order valence-electron chi connectivity index (χ1n) is 8.32. The Hall–Kier alpha value is -2.45. The lowest BCUT2D eigenvalue weighted by molar-refractivity contribution is 0.0937. The normalized spacial score (nSPS) is 13.9. The minimum Gasteiger partial charge on any atom is -0.484 e. The van der Waals surface area contributed by atoms with Crippen LogP contribution in [0.5, 0.6) is 5.75 Å². The van der Waals surface area contributed by atoms with Crippen molar-refractivity contribution in [2.75, 3.05) is 6.26 Å². The second-order valence-electron chi connectivity index (χ2n) is 6.20. The van der Waals surface area contributed by atoms with Crippen molar-refractivity contribution in [3.63, 3.8) is 0 Å². The highest BCUT2D eigenvalue weighted by molar-refractivity contribution is 7.93. The molecule has 2 rings (SSSR count). The molecule has 0 saturated carbocycles. The Bertz CT molecular complexity index is 995. The lowest BCUT2D eigenvalue weighted by Crippen LogP contribution is -2.32. The van der Waals surface area contributed by atoms with E-state index in [-0.39, 0.29) is 5.75 Å². The number of sulfone groups is 1. The first-order chi connectivity index (χ1) is 13.1. The molecule has 28 heavy (non-hydrogen) atoms. The molecule has 2 aromatic rings. The van der Waals surface area contributed by atoms with Gasteiger partial charge in [0.25, 0.3) is 5.91 Å². The number of hydrogen-bond donors (Lipinski definition) is 1. The molecule has 0 radical (unpaired) electrons. The third kappa shape index (κ3) is 6.31. The predicted molar refractivity (Wildman–Crippen MR) is 106 cm³/mol. The summed E-state index contributed by atoms with van der Waals surface area (Å²) in [6, 6.07) is 7.56. The van der Waals surface area contributed by atoms with E-state index in [0.29, 0.717) is 5.02 Å². The lowest BCUT2D eigenvalue weighted by atomic mass is 10.1. The van der Waals surface area contributed by atoms with Crippen LogP contribution in [0, 0.1) is 5.82 Å². The third-order valence-corrected chi connectivity index (χ3v) is 4.66. The molecule has 6 nitrogen and oxygen atoms in total. The van der Waals surface area contributed by atoms with Crippen LogP contribution in [0.3, 0.4) is 0 Å². The molecule has 1 heterocycles. The van der Waals surface area contributed by atoms with Crippen molar-refractivity contribution in [1.82, 2.24) is 10.3 Å². The van der Waals surface area contributed by atoms with Gasteiger partial charge in [0.15, 0.2) is 21.3 Å². The number of carbonyl (C=O) groups excluding carboxylic acids is 1. The second kappa shape index (κ2) is 9.16. The third-order valence-electron chi connectivity index (χ3n) is 3.66. The fraction of sp³-hybridized carbons (Fsp3) is 0.263. The molecule has 1 aromatic heterocycles. The Morgan fingerprint density at radius 2 is 2.00 bits per heavy atom. The molecule has 0 saturated heterocycles. The van der Waals surface area contributed by atoms with Crippen molar-refractivity contribution in [3.8, 4) is 5.75 Å². The number of carbonyl (C=O) groups is 1.